The normalized spacial score (nSPS) is 12.8. The Bertz CT molecular complexity index is 2370. The number of hydrogen-bond acceptors (Lipinski definition) is 13. The SMILES string of the molecule is O=S(=O)(O)c1cc2ccccc2c(N(O)Cc2nc(Cl)nc(Cl)n2)c1N=Nc1c(S(=O)(=O)O)c(S(=O)(=O)O)cc2ccccc12. The minimum absolute atomic E-state index is 0.0209. The Hall–Kier alpha value is -3.92. The van der Waals surface area contributed by atoms with Gasteiger partial charge in [0.1, 0.15) is 38.3 Å². The largest absolute Gasteiger partial charge is 0.298 e. The Kier molecular flexibility index (Phi) is 8.50. The average Bonchev–Trinajstić information content (AvgIpc) is 2.92. The van der Waals surface area contributed by atoms with Gasteiger partial charge in [0, 0.05) is 10.8 Å². The monoisotopic (exact) mass is 714 g/mol. The van der Waals surface area contributed by atoms with E-state index in [0.717, 1.165) is 12.1 Å². The highest BCUT2D eigenvalue weighted by Crippen LogP contribution is 2.44. The standard InChI is InChI=1S/C24H16Cl2N6O10S3/c25-23-27-18(28-24(26)29-23)11-32(33)21-15-8-4-2-6-13(15)9-16(43(34,35)36)20(21)31-30-19-14-7-3-1-5-12(14)10-17(44(37,38)39)22(19)45(40,41)42/h1-10,33H,11H2,(H,34,35,36)(H,37,38,39)(H,40,41,42). The second-order valence-electron chi connectivity index (χ2n) is 9.04. The first-order valence-corrected chi connectivity index (χ1v) is 17.0. The molecule has 0 saturated heterocycles. The summed E-state index contributed by atoms with van der Waals surface area (Å²) in [6.45, 7) is -0.624. The molecule has 0 bridgehead atoms. The van der Waals surface area contributed by atoms with Crippen LogP contribution in [0.5, 0.6) is 0 Å². The minimum Gasteiger partial charge on any atom is -0.288 e. The van der Waals surface area contributed by atoms with E-state index >= 15 is 0 Å². The third-order valence-electron chi connectivity index (χ3n) is 6.14. The lowest BCUT2D eigenvalue weighted by Gasteiger charge is -2.21. The van der Waals surface area contributed by atoms with Gasteiger partial charge in [-0.2, -0.15) is 30.2 Å². The first-order chi connectivity index (χ1) is 20.9. The van der Waals surface area contributed by atoms with Crippen LogP contribution in [0.4, 0.5) is 17.1 Å². The molecule has 1 heterocycles. The van der Waals surface area contributed by atoms with Crippen LogP contribution in [0, 0.1) is 0 Å². The number of rotatable bonds is 8. The van der Waals surface area contributed by atoms with Crippen LogP contribution in [0.25, 0.3) is 21.5 Å². The third kappa shape index (κ3) is 6.71. The fourth-order valence-electron chi connectivity index (χ4n) is 4.42. The summed E-state index contributed by atoms with van der Waals surface area (Å²) >= 11 is 11.7. The van der Waals surface area contributed by atoms with Crippen molar-refractivity contribution in [3.63, 3.8) is 0 Å². The van der Waals surface area contributed by atoms with E-state index in [4.69, 9.17) is 23.2 Å². The van der Waals surface area contributed by atoms with Gasteiger partial charge in [-0.25, -0.2) is 15.0 Å². The summed E-state index contributed by atoms with van der Waals surface area (Å²) in [5.41, 5.74) is -2.03. The Labute approximate surface area is 263 Å². The van der Waals surface area contributed by atoms with Crippen LogP contribution in [0.3, 0.4) is 0 Å². The van der Waals surface area contributed by atoms with Crippen molar-refractivity contribution < 1.29 is 44.1 Å². The van der Waals surface area contributed by atoms with Gasteiger partial charge in [-0.15, -0.1) is 10.2 Å². The summed E-state index contributed by atoms with van der Waals surface area (Å²) in [4.78, 5) is 7.73. The summed E-state index contributed by atoms with van der Waals surface area (Å²) in [5.74, 6) is -0.202. The topological polar surface area (TPSA) is 250 Å². The molecule has 0 aliphatic carbocycles. The molecule has 0 amide bonds. The molecule has 0 radical (unpaired) electrons. The van der Waals surface area contributed by atoms with Crippen LogP contribution in [-0.2, 0) is 36.9 Å². The number of aromatic nitrogens is 3. The van der Waals surface area contributed by atoms with Crippen molar-refractivity contribution in [1.29, 1.82) is 0 Å². The quantitative estimate of drug-likeness (QED) is 0.0934. The van der Waals surface area contributed by atoms with Crippen molar-refractivity contribution in [2.24, 2.45) is 10.2 Å². The van der Waals surface area contributed by atoms with E-state index in [0.29, 0.717) is 5.06 Å². The number of nitrogens with zero attached hydrogens (tertiary/aromatic N) is 6. The van der Waals surface area contributed by atoms with Gasteiger partial charge in [0.2, 0.25) is 10.6 Å². The molecule has 0 unspecified atom stereocenters. The van der Waals surface area contributed by atoms with Crippen LogP contribution < -0.4 is 5.06 Å². The van der Waals surface area contributed by atoms with Gasteiger partial charge in [0.15, 0.2) is 5.82 Å². The van der Waals surface area contributed by atoms with Crippen LogP contribution in [0.15, 0.2) is 85.6 Å². The molecule has 5 aromatic rings. The van der Waals surface area contributed by atoms with E-state index < -0.39 is 68.6 Å². The number of halogens is 2. The lowest BCUT2D eigenvalue weighted by molar-refractivity contribution is 0.248. The number of benzene rings is 4. The predicted molar refractivity (Wildman–Crippen MR) is 159 cm³/mol. The van der Waals surface area contributed by atoms with E-state index in [1.54, 1.807) is 0 Å². The van der Waals surface area contributed by atoms with Crippen LogP contribution in [0.2, 0.25) is 10.6 Å². The molecule has 5 rings (SSSR count). The summed E-state index contributed by atoms with van der Waals surface area (Å²) in [6, 6.07) is 13.2. The maximum absolute atomic E-state index is 12.6. The molecule has 0 saturated carbocycles. The van der Waals surface area contributed by atoms with Crippen molar-refractivity contribution in [3.8, 4) is 0 Å². The molecule has 45 heavy (non-hydrogen) atoms. The average molecular weight is 716 g/mol. The van der Waals surface area contributed by atoms with Gasteiger partial charge >= 0.3 is 0 Å². The van der Waals surface area contributed by atoms with Crippen molar-refractivity contribution in [3.05, 3.63) is 77.1 Å². The molecule has 0 spiro atoms. The van der Waals surface area contributed by atoms with Gasteiger partial charge in [0.05, 0.1) is 0 Å². The zero-order valence-corrected chi connectivity index (χ0v) is 25.8. The van der Waals surface area contributed by atoms with Gasteiger partial charge in [-0.05, 0) is 46.1 Å². The Balaban J connectivity index is 1.87. The Morgan fingerprint density at radius 1 is 0.667 bits per heavy atom. The zero-order chi connectivity index (χ0) is 32.9. The van der Waals surface area contributed by atoms with Crippen LogP contribution >= 0.6 is 23.2 Å². The fourth-order valence-corrected chi connectivity index (χ4v) is 7.42. The predicted octanol–water partition coefficient (Wildman–Crippen LogP) is 5.04. The molecule has 0 aliphatic heterocycles. The number of fused-ring (bicyclic) bond motifs is 2. The first-order valence-electron chi connectivity index (χ1n) is 11.9. The molecule has 0 aliphatic rings. The summed E-state index contributed by atoms with van der Waals surface area (Å²) in [5, 5.41) is 18.9. The number of hydroxylamine groups is 1. The van der Waals surface area contributed by atoms with Gasteiger partial charge in [-0.1, -0.05) is 48.5 Å². The van der Waals surface area contributed by atoms with Gasteiger partial charge in [-0.3, -0.25) is 18.9 Å². The Morgan fingerprint density at radius 3 is 1.71 bits per heavy atom. The molecular formula is C24H16Cl2N6O10S3. The van der Waals surface area contributed by atoms with Crippen molar-refractivity contribution in [2.75, 3.05) is 5.06 Å². The van der Waals surface area contributed by atoms with E-state index in [1.807, 2.05) is 0 Å². The lowest BCUT2D eigenvalue weighted by atomic mass is 10.1. The maximum atomic E-state index is 12.6. The lowest BCUT2D eigenvalue weighted by Crippen LogP contribution is -2.20. The maximum Gasteiger partial charge on any atom is 0.298 e. The van der Waals surface area contributed by atoms with E-state index in [9.17, 15) is 44.1 Å². The highest BCUT2D eigenvalue weighted by atomic mass is 35.5. The second kappa shape index (κ2) is 11.8. The highest BCUT2D eigenvalue weighted by Gasteiger charge is 2.31. The minimum atomic E-state index is -5.46. The molecule has 0 atom stereocenters. The van der Waals surface area contributed by atoms with Gasteiger partial charge < -0.3 is 0 Å². The zero-order valence-electron chi connectivity index (χ0n) is 21.9. The molecule has 4 N–H and O–H groups in total. The molecule has 0 fully saturated rings. The summed E-state index contributed by atoms with van der Waals surface area (Å²) < 4.78 is 104. The molecule has 1 aromatic heterocycles. The number of azo groups is 1. The van der Waals surface area contributed by atoms with Crippen LogP contribution in [0.1, 0.15) is 5.82 Å². The molecule has 234 valence electrons. The van der Waals surface area contributed by atoms with Crippen molar-refractivity contribution in [1.82, 2.24) is 15.0 Å². The highest BCUT2D eigenvalue weighted by molar-refractivity contribution is 7.89. The summed E-state index contributed by atoms with van der Waals surface area (Å²) in [7, 11) is -15.9. The smallest absolute Gasteiger partial charge is 0.288 e. The van der Waals surface area contributed by atoms with E-state index in [-0.39, 0.29) is 37.9 Å². The van der Waals surface area contributed by atoms with Crippen molar-refractivity contribution in [2.45, 2.75) is 21.2 Å². The number of hydrogen-bond donors (Lipinski definition) is 4. The van der Waals surface area contributed by atoms with Crippen LogP contribution in [-0.4, -0.2) is 59.1 Å². The van der Waals surface area contributed by atoms with E-state index in [1.165, 1.54) is 48.5 Å². The molecule has 21 heteroatoms. The fraction of sp³-hybridized carbons (Fsp3) is 0.0417. The van der Waals surface area contributed by atoms with E-state index in [2.05, 4.69) is 25.2 Å². The Morgan fingerprint density at radius 2 is 1.16 bits per heavy atom. The van der Waals surface area contributed by atoms with Gasteiger partial charge in [0.25, 0.3) is 30.4 Å². The summed E-state index contributed by atoms with van der Waals surface area (Å²) in [6.07, 6.45) is 0. The number of anilines is 1. The molecule has 4 aromatic carbocycles. The molecular weight excluding hydrogens is 699 g/mol. The second-order valence-corrected chi connectivity index (χ2v) is 13.9. The third-order valence-corrected chi connectivity index (χ3v) is 9.28. The molecule has 16 nitrogen and oxygen atoms in total. The first kappa shape index (κ1) is 32.5. The van der Waals surface area contributed by atoms with Crippen molar-refractivity contribution >= 4 is 92.2 Å².